The van der Waals surface area contributed by atoms with Gasteiger partial charge in [-0.15, -0.1) is 5.10 Å². The largest absolute Gasteiger partial charge is 0.352 e. The van der Waals surface area contributed by atoms with E-state index in [4.69, 9.17) is 5.73 Å². The van der Waals surface area contributed by atoms with E-state index in [0.717, 1.165) is 23.8 Å². The highest BCUT2D eigenvalue weighted by molar-refractivity contribution is 5.47. The molecule has 2 N–H and O–H groups in total. The van der Waals surface area contributed by atoms with Gasteiger partial charge in [-0.05, 0) is 37.7 Å². The number of nitrogens with two attached hydrogens (primary N) is 1. The zero-order valence-corrected chi connectivity index (χ0v) is 10.9. The summed E-state index contributed by atoms with van der Waals surface area (Å²) in [7, 11) is 0. The summed E-state index contributed by atoms with van der Waals surface area (Å²) in [6.07, 6.45) is 9.87. The number of fused-ring (bicyclic) bond motifs is 1. The first-order chi connectivity index (χ1) is 8.90. The lowest BCUT2D eigenvalue weighted by Gasteiger charge is -2.45. The van der Waals surface area contributed by atoms with E-state index >= 15 is 0 Å². The van der Waals surface area contributed by atoms with Gasteiger partial charge in [0.25, 0.3) is 0 Å². The molecule has 2 fully saturated rings. The molecular formula is C14H22N4. The number of hydrogen-bond acceptors (Lipinski definition) is 4. The van der Waals surface area contributed by atoms with Crippen LogP contribution in [0.4, 0.5) is 5.82 Å². The van der Waals surface area contributed by atoms with Gasteiger partial charge >= 0.3 is 0 Å². The molecule has 0 spiro atoms. The summed E-state index contributed by atoms with van der Waals surface area (Å²) < 4.78 is 0. The van der Waals surface area contributed by atoms with Crippen LogP contribution in [0, 0.1) is 5.92 Å². The Hall–Kier alpha value is -1.16. The van der Waals surface area contributed by atoms with E-state index in [-0.39, 0.29) is 0 Å². The molecule has 4 heteroatoms. The van der Waals surface area contributed by atoms with Crippen LogP contribution >= 0.6 is 0 Å². The molecule has 1 aromatic rings. The molecule has 1 aromatic heterocycles. The van der Waals surface area contributed by atoms with Gasteiger partial charge < -0.3 is 10.6 Å². The van der Waals surface area contributed by atoms with Crippen molar-refractivity contribution in [3.8, 4) is 0 Å². The lowest BCUT2D eigenvalue weighted by molar-refractivity contribution is 0.242. The second-order valence-electron chi connectivity index (χ2n) is 5.53. The topological polar surface area (TPSA) is 55.0 Å². The molecule has 0 aromatic carbocycles. The predicted octanol–water partition coefficient (Wildman–Crippen LogP) is 2.09. The third kappa shape index (κ3) is 2.09. The van der Waals surface area contributed by atoms with E-state index in [9.17, 15) is 0 Å². The van der Waals surface area contributed by atoms with Crippen molar-refractivity contribution in [1.82, 2.24) is 10.2 Å². The Morgan fingerprint density at radius 2 is 2.06 bits per heavy atom. The zero-order valence-electron chi connectivity index (χ0n) is 10.9. The minimum absolute atomic E-state index is 0.554. The highest BCUT2D eigenvalue weighted by Gasteiger charge is 2.34. The van der Waals surface area contributed by atoms with Gasteiger partial charge in [0, 0.05) is 24.7 Å². The molecule has 0 bridgehead atoms. The third-order valence-electron chi connectivity index (χ3n) is 4.52. The van der Waals surface area contributed by atoms with Crippen LogP contribution in [0.2, 0.25) is 0 Å². The monoisotopic (exact) mass is 246 g/mol. The van der Waals surface area contributed by atoms with Crippen molar-refractivity contribution in [1.29, 1.82) is 0 Å². The number of hydrogen-bond donors (Lipinski definition) is 1. The van der Waals surface area contributed by atoms with Gasteiger partial charge in [-0.1, -0.05) is 12.8 Å². The van der Waals surface area contributed by atoms with Crippen LogP contribution in [0.5, 0.6) is 0 Å². The van der Waals surface area contributed by atoms with E-state index in [1.165, 1.54) is 38.5 Å². The molecule has 1 saturated heterocycles. The standard InChI is InChI=1S/C14H22N4/c15-10-12-7-8-16-17-14(12)18-9-3-5-11-4-1-2-6-13(11)18/h7-8,11,13H,1-6,9-10,15H2/t11-,13-/m1/s1. The summed E-state index contributed by atoms with van der Waals surface area (Å²) >= 11 is 0. The summed E-state index contributed by atoms with van der Waals surface area (Å²) in [5, 5.41) is 8.42. The van der Waals surface area contributed by atoms with Gasteiger partial charge in [-0.25, -0.2) is 0 Å². The smallest absolute Gasteiger partial charge is 0.156 e. The van der Waals surface area contributed by atoms with Crippen LogP contribution in [-0.2, 0) is 6.54 Å². The van der Waals surface area contributed by atoms with Gasteiger partial charge in [-0.3, -0.25) is 0 Å². The summed E-state index contributed by atoms with van der Waals surface area (Å²) in [5.74, 6) is 1.90. The molecule has 1 saturated carbocycles. The first-order valence-corrected chi connectivity index (χ1v) is 7.17. The van der Waals surface area contributed by atoms with E-state index in [1.54, 1.807) is 6.20 Å². The molecule has 2 aliphatic rings. The molecular weight excluding hydrogens is 224 g/mol. The lowest BCUT2D eigenvalue weighted by atomic mass is 9.78. The Balaban J connectivity index is 1.89. The van der Waals surface area contributed by atoms with Crippen molar-refractivity contribution < 1.29 is 0 Å². The Kier molecular flexibility index (Phi) is 3.46. The van der Waals surface area contributed by atoms with Crippen LogP contribution in [-0.4, -0.2) is 22.8 Å². The molecule has 2 atom stereocenters. The molecule has 0 radical (unpaired) electrons. The van der Waals surface area contributed by atoms with Crippen LogP contribution in [0.3, 0.4) is 0 Å². The Morgan fingerprint density at radius 3 is 2.94 bits per heavy atom. The minimum atomic E-state index is 0.554. The molecule has 4 nitrogen and oxygen atoms in total. The van der Waals surface area contributed by atoms with Crippen LogP contribution in [0.15, 0.2) is 12.3 Å². The van der Waals surface area contributed by atoms with Crippen LogP contribution in [0.1, 0.15) is 44.1 Å². The van der Waals surface area contributed by atoms with Gasteiger partial charge in [0.05, 0.1) is 6.20 Å². The van der Waals surface area contributed by atoms with Crippen molar-refractivity contribution in [2.75, 3.05) is 11.4 Å². The molecule has 2 heterocycles. The van der Waals surface area contributed by atoms with E-state index < -0.39 is 0 Å². The Morgan fingerprint density at radius 1 is 1.22 bits per heavy atom. The maximum absolute atomic E-state index is 5.83. The average molecular weight is 246 g/mol. The SMILES string of the molecule is NCc1ccnnc1N1CCC[C@H]2CCCC[C@H]21. The van der Waals surface area contributed by atoms with Crippen molar-refractivity contribution in [3.05, 3.63) is 17.8 Å². The second-order valence-corrected chi connectivity index (χ2v) is 5.53. The molecule has 98 valence electrons. The maximum Gasteiger partial charge on any atom is 0.156 e. The number of rotatable bonds is 2. The molecule has 3 rings (SSSR count). The van der Waals surface area contributed by atoms with Gasteiger partial charge in [0.1, 0.15) is 0 Å². The van der Waals surface area contributed by atoms with Crippen molar-refractivity contribution in [3.63, 3.8) is 0 Å². The molecule has 0 amide bonds. The first-order valence-electron chi connectivity index (χ1n) is 7.17. The van der Waals surface area contributed by atoms with Gasteiger partial charge in [0.15, 0.2) is 5.82 Å². The van der Waals surface area contributed by atoms with Crippen molar-refractivity contribution >= 4 is 5.82 Å². The summed E-state index contributed by atoms with van der Waals surface area (Å²) in [6, 6.07) is 2.68. The third-order valence-corrected chi connectivity index (χ3v) is 4.52. The number of piperidine rings is 1. The quantitative estimate of drug-likeness (QED) is 0.868. The van der Waals surface area contributed by atoms with E-state index in [2.05, 4.69) is 15.1 Å². The number of nitrogens with zero attached hydrogens (tertiary/aromatic N) is 3. The highest BCUT2D eigenvalue weighted by Crippen LogP contribution is 2.37. The fourth-order valence-corrected chi connectivity index (χ4v) is 3.64. The van der Waals surface area contributed by atoms with Crippen LogP contribution in [0.25, 0.3) is 0 Å². The van der Waals surface area contributed by atoms with Crippen molar-refractivity contribution in [2.24, 2.45) is 11.7 Å². The Labute approximate surface area is 109 Å². The maximum atomic E-state index is 5.83. The predicted molar refractivity (Wildman–Crippen MR) is 72.2 cm³/mol. The molecule has 1 aliphatic heterocycles. The number of anilines is 1. The molecule has 18 heavy (non-hydrogen) atoms. The summed E-state index contributed by atoms with van der Waals surface area (Å²) in [5.41, 5.74) is 6.97. The van der Waals surface area contributed by atoms with E-state index in [1.807, 2.05) is 6.07 Å². The fraction of sp³-hybridized carbons (Fsp3) is 0.714. The fourth-order valence-electron chi connectivity index (χ4n) is 3.64. The van der Waals surface area contributed by atoms with Gasteiger partial charge in [-0.2, -0.15) is 5.10 Å². The first kappa shape index (κ1) is 11.9. The number of aromatic nitrogens is 2. The van der Waals surface area contributed by atoms with E-state index in [0.29, 0.717) is 12.6 Å². The minimum Gasteiger partial charge on any atom is -0.352 e. The normalized spacial score (nSPS) is 27.9. The highest BCUT2D eigenvalue weighted by atomic mass is 15.3. The summed E-state index contributed by atoms with van der Waals surface area (Å²) in [4.78, 5) is 2.49. The molecule has 0 unspecified atom stereocenters. The molecule has 1 aliphatic carbocycles. The van der Waals surface area contributed by atoms with Crippen molar-refractivity contribution in [2.45, 2.75) is 51.1 Å². The average Bonchev–Trinajstić information content (AvgIpc) is 2.46. The van der Waals surface area contributed by atoms with Crippen LogP contribution < -0.4 is 10.6 Å². The lowest BCUT2D eigenvalue weighted by Crippen LogP contribution is -2.47. The second kappa shape index (κ2) is 5.22. The Bertz CT molecular complexity index is 405. The zero-order chi connectivity index (χ0) is 12.4. The summed E-state index contributed by atoms with van der Waals surface area (Å²) in [6.45, 7) is 1.67. The van der Waals surface area contributed by atoms with Gasteiger partial charge in [0.2, 0.25) is 0 Å².